The average molecular weight is 515 g/mol. The summed E-state index contributed by atoms with van der Waals surface area (Å²) in [6.45, 7) is 3.46. The molecule has 1 atom stereocenters. The van der Waals surface area contributed by atoms with E-state index in [2.05, 4.69) is 5.32 Å². The Morgan fingerprint density at radius 1 is 0.944 bits per heavy atom. The van der Waals surface area contributed by atoms with Gasteiger partial charge < -0.3 is 14.8 Å². The van der Waals surface area contributed by atoms with Gasteiger partial charge in [0.2, 0.25) is 5.91 Å². The van der Waals surface area contributed by atoms with Crippen LogP contribution in [0.25, 0.3) is 0 Å². The Bertz CT molecular complexity index is 1280. The number of anilines is 1. The van der Waals surface area contributed by atoms with E-state index in [1.54, 1.807) is 0 Å². The molecule has 9 heteroatoms. The quantitative estimate of drug-likeness (QED) is 0.392. The first kappa shape index (κ1) is 27.0. The maximum atomic E-state index is 14.8. The Kier molecular flexibility index (Phi) is 8.93. The van der Waals surface area contributed by atoms with Gasteiger partial charge in [-0.25, -0.2) is 12.8 Å². The number of benzene rings is 3. The van der Waals surface area contributed by atoms with Gasteiger partial charge in [-0.05, 0) is 42.2 Å². The molecule has 0 saturated heterocycles. The smallest absolute Gasteiger partial charge is 0.265 e. The SMILES string of the molecule is COc1ccc(S(=O)(=O)N(CC(=O)NC(CC(C)C)c2ccccc2)c2ccccc2F)cc1OC. The fraction of sp³-hybridized carbons (Fsp3) is 0.296. The summed E-state index contributed by atoms with van der Waals surface area (Å²) in [4.78, 5) is 13.1. The topological polar surface area (TPSA) is 84.9 Å². The lowest BCUT2D eigenvalue weighted by molar-refractivity contribution is -0.120. The zero-order valence-corrected chi connectivity index (χ0v) is 21.6. The highest BCUT2D eigenvalue weighted by molar-refractivity contribution is 7.92. The summed E-state index contributed by atoms with van der Waals surface area (Å²) in [6, 6.07) is 18.6. The van der Waals surface area contributed by atoms with Gasteiger partial charge >= 0.3 is 0 Å². The highest BCUT2D eigenvalue weighted by atomic mass is 32.2. The van der Waals surface area contributed by atoms with Crippen LogP contribution in [0.3, 0.4) is 0 Å². The van der Waals surface area contributed by atoms with E-state index >= 15 is 0 Å². The highest BCUT2D eigenvalue weighted by Gasteiger charge is 2.31. The van der Waals surface area contributed by atoms with Crippen LogP contribution in [-0.4, -0.2) is 35.1 Å². The predicted molar refractivity (Wildman–Crippen MR) is 137 cm³/mol. The summed E-state index contributed by atoms with van der Waals surface area (Å²) < 4.78 is 53.4. The Balaban J connectivity index is 1.98. The Hall–Kier alpha value is -3.59. The molecule has 0 aliphatic rings. The zero-order valence-electron chi connectivity index (χ0n) is 20.8. The minimum Gasteiger partial charge on any atom is -0.493 e. The lowest BCUT2D eigenvalue weighted by Gasteiger charge is -2.27. The van der Waals surface area contributed by atoms with Crippen LogP contribution in [-0.2, 0) is 14.8 Å². The van der Waals surface area contributed by atoms with Crippen molar-refractivity contribution in [2.45, 2.75) is 31.2 Å². The normalized spacial score (nSPS) is 12.2. The Morgan fingerprint density at radius 3 is 2.19 bits per heavy atom. The fourth-order valence-corrected chi connectivity index (χ4v) is 5.31. The third-order valence-electron chi connectivity index (χ3n) is 5.60. The van der Waals surface area contributed by atoms with Gasteiger partial charge in [0, 0.05) is 6.07 Å². The third-order valence-corrected chi connectivity index (χ3v) is 7.35. The number of rotatable bonds is 11. The summed E-state index contributed by atoms with van der Waals surface area (Å²) in [6.07, 6.45) is 0.651. The van der Waals surface area contributed by atoms with Crippen molar-refractivity contribution in [2.75, 3.05) is 25.1 Å². The van der Waals surface area contributed by atoms with Gasteiger partial charge in [-0.15, -0.1) is 0 Å². The number of hydrogen-bond donors (Lipinski definition) is 1. The van der Waals surface area contributed by atoms with Gasteiger partial charge in [0.25, 0.3) is 10.0 Å². The van der Waals surface area contributed by atoms with E-state index in [-0.39, 0.29) is 28.3 Å². The van der Waals surface area contributed by atoms with E-state index in [0.29, 0.717) is 12.2 Å². The number of nitrogens with zero attached hydrogens (tertiary/aromatic N) is 1. The van der Waals surface area contributed by atoms with Crippen molar-refractivity contribution in [3.63, 3.8) is 0 Å². The summed E-state index contributed by atoms with van der Waals surface area (Å²) in [7, 11) is -1.54. The fourth-order valence-electron chi connectivity index (χ4n) is 3.86. The summed E-state index contributed by atoms with van der Waals surface area (Å²) in [5.74, 6) is -0.523. The Labute approximate surface area is 211 Å². The number of carbonyl (C=O) groups excluding carboxylic acids is 1. The van der Waals surface area contributed by atoms with E-state index in [9.17, 15) is 17.6 Å². The van der Waals surface area contributed by atoms with Gasteiger partial charge in [-0.3, -0.25) is 9.10 Å². The predicted octanol–water partition coefficient (Wildman–Crippen LogP) is 4.94. The van der Waals surface area contributed by atoms with Gasteiger partial charge in [0.1, 0.15) is 12.4 Å². The molecule has 0 spiro atoms. The molecule has 0 aliphatic carbocycles. The number of ether oxygens (including phenoxy) is 2. The number of halogens is 1. The summed E-state index contributed by atoms with van der Waals surface area (Å²) in [5, 5.41) is 2.94. The first-order valence-electron chi connectivity index (χ1n) is 11.5. The van der Waals surface area contributed by atoms with Crippen LogP contribution in [0.5, 0.6) is 11.5 Å². The van der Waals surface area contributed by atoms with Gasteiger partial charge in [-0.1, -0.05) is 56.3 Å². The lowest BCUT2D eigenvalue weighted by Crippen LogP contribution is -2.42. The maximum absolute atomic E-state index is 14.8. The number of sulfonamides is 1. The number of carbonyl (C=O) groups is 1. The number of amides is 1. The number of hydrogen-bond acceptors (Lipinski definition) is 5. The molecule has 0 heterocycles. The second-order valence-electron chi connectivity index (χ2n) is 8.64. The summed E-state index contributed by atoms with van der Waals surface area (Å²) in [5.41, 5.74) is 0.669. The number of methoxy groups -OCH3 is 2. The van der Waals surface area contributed by atoms with Crippen LogP contribution >= 0.6 is 0 Å². The molecule has 3 rings (SSSR count). The molecule has 0 saturated carbocycles. The molecule has 0 radical (unpaired) electrons. The standard InChI is InChI=1S/C27H31FN2O5S/c1-19(2)16-23(20-10-6-5-7-11-20)29-27(31)18-30(24-13-9-8-12-22(24)28)36(32,33)21-14-15-25(34-3)26(17-21)35-4/h5-15,17,19,23H,16,18H2,1-4H3,(H,29,31). The molecule has 1 amide bonds. The molecule has 7 nitrogen and oxygen atoms in total. The van der Waals surface area contributed by atoms with Crippen LogP contribution in [0.4, 0.5) is 10.1 Å². The van der Waals surface area contributed by atoms with Crippen LogP contribution in [0.2, 0.25) is 0 Å². The maximum Gasteiger partial charge on any atom is 0.265 e. The molecular weight excluding hydrogens is 483 g/mol. The molecule has 0 fully saturated rings. The van der Waals surface area contributed by atoms with E-state index < -0.39 is 28.3 Å². The molecule has 3 aromatic carbocycles. The van der Waals surface area contributed by atoms with Crippen molar-refractivity contribution in [3.8, 4) is 11.5 Å². The molecule has 3 aromatic rings. The largest absolute Gasteiger partial charge is 0.493 e. The second kappa shape index (κ2) is 11.9. The van der Waals surface area contributed by atoms with Crippen molar-refractivity contribution in [2.24, 2.45) is 5.92 Å². The van der Waals surface area contributed by atoms with Crippen LogP contribution < -0.4 is 19.1 Å². The van der Waals surface area contributed by atoms with E-state index in [1.165, 1.54) is 50.6 Å². The molecule has 0 aromatic heterocycles. The van der Waals surface area contributed by atoms with E-state index in [1.807, 2.05) is 44.2 Å². The number of nitrogens with one attached hydrogen (secondary N) is 1. The van der Waals surface area contributed by atoms with Gasteiger partial charge in [-0.2, -0.15) is 0 Å². The number of para-hydroxylation sites is 1. The molecule has 0 aliphatic heterocycles. The van der Waals surface area contributed by atoms with Gasteiger partial charge in [0.05, 0.1) is 30.8 Å². The molecule has 192 valence electrons. The van der Waals surface area contributed by atoms with E-state index in [4.69, 9.17) is 9.47 Å². The third kappa shape index (κ3) is 6.34. The first-order valence-corrected chi connectivity index (χ1v) is 12.9. The minimum absolute atomic E-state index is 0.169. The monoisotopic (exact) mass is 514 g/mol. The average Bonchev–Trinajstić information content (AvgIpc) is 2.87. The van der Waals surface area contributed by atoms with Crippen molar-refractivity contribution >= 4 is 21.6 Å². The Morgan fingerprint density at radius 2 is 1.58 bits per heavy atom. The van der Waals surface area contributed by atoms with Crippen LogP contribution in [0, 0.1) is 11.7 Å². The van der Waals surface area contributed by atoms with Crippen LogP contribution in [0.1, 0.15) is 31.9 Å². The zero-order chi connectivity index (χ0) is 26.3. The molecular formula is C27H31FN2O5S. The molecule has 36 heavy (non-hydrogen) atoms. The lowest BCUT2D eigenvalue weighted by atomic mass is 9.97. The van der Waals surface area contributed by atoms with Crippen LogP contribution in [0.15, 0.2) is 77.7 Å². The first-order chi connectivity index (χ1) is 17.2. The minimum atomic E-state index is -4.36. The van der Waals surface area contributed by atoms with Crippen molar-refractivity contribution in [3.05, 3.63) is 84.2 Å². The molecule has 1 unspecified atom stereocenters. The molecule has 0 bridgehead atoms. The van der Waals surface area contributed by atoms with Crippen molar-refractivity contribution in [1.29, 1.82) is 0 Å². The van der Waals surface area contributed by atoms with Crippen molar-refractivity contribution < 1.29 is 27.1 Å². The second-order valence-corrected chi connectivity index (χ2v) is 10.5. The van der Waals surface area contributed by atoms with Crippen molar-refractivity contribution in [1.82, 2.24) is 5.32 Å². The highest BCUT2D eigenvalue weighted by Crippen LogP contribution is 2.33. The summed E-state index contributed by atoms with van der Waals surface area (Å²) >= 11 is 0. The van der Waals surface area contributed by atoms with E-state index in [0.717, 1.165) is 15.9 Å². The molecule has 1 N–H and O–H groups in total. The van der Waals surface area contributed by atoms with Gasteiger partial charge in [0.15, 0.2) is 11.5 Å².